The summed E-state index contributed by atoms with van der Waals surface area (Å²) in [6.07, 6.45) is 4.12. The van der Waals surface area contributed by atoms with Gasteiger partial charge < -0.3 is 24.4 Å². The van der Waals surface area contributed by atoms with Gasteiger partial charge in [0.2, 0.25) is 0 Å². The minimum atomic E-state index is -0.0337. The fraction of sp³-hybridized carbons (Fsp3) is 0.529. The number of aromatic nitrogens is 4. The molecule has 2 amide bonds. The highest BCUT2D eigenvalue weighted by Crippen LogP contribution is 2.12. The fourth-order valence-corrected chi connectivity index (χ4v) is 2.92. The third-order valence-electron chi connectivity index (χ3n) is 4.40. The van der Waals surface area contributed by atoms with Gasteiger partial charge in [0.05, 0.1) is 6.61 Å². The lowest BCUT2D eigenvalue weighted by Gasteiger charge is -2.35. The van der Waals surface area contributed by atoms with Crippen LogP contribution in [0, 0.1) is 0 Å². The largest absolute Gasteiger partial charge is 0.383 e. The van der Waals surface area contributed by atoms with Gasteiger partial charge in [0.1, 0.15) is 18.0 Å². The summed E-state index contributed by atoms with van der Waals surface area (Å²) in [6.45, 7) is 4.80. The topological polar surface area (TPSA) is 88.4 Å². The molecule has 1 N–H and O–H groups in total. The van der Waals surface area contributed by atoms with Crippen molar-refractivity contribution >= 4 is 11.8 Å². The summed E-state index contributed by atoms with van der Waals surface area (Å²) in [4.78, 5) is 20.7. The quantitative estimate of drug-likeness (QED) is 0.770. The first-order valence-corrected chi connectivity index (χ1v) is 8.82. The second-order valence-corrected chi connectivity index (χ2v) is 6.08. The van der Waals surface area contributed by atoms with Gasteiger partial charge >= 0.3 is 6.03 Å². The number of nitrogens with one attached hydrogen (secondary N) is 1. The Labute approximate surface area is 153 Å². The number of pyridine rings is 1. The number of carbonyl (C=O) groups excluding carboxylic acids is 1. The molecule has 0 aromatic carbocycles. The number of hydrogen-bond acceptors (Lipinski definition) is 6. The van der Waals surface area contributed by atoms with E-state index in [1.54, 1.807) is 19.6 Å². The van der Waals surface area contributed by atoms with Gasteiger partial charge in [0.15, 0.2) is 0 Å². The van der Waals surface area contributed by atoms with E-state index in [9.17, 15) is 4.79 Å². The van der Waals surface area contributed by atoms with Crippen molar-refractivity contribution in [3.63, 3.8) is 0 Å². The van der Waals surface area contributed by atoms with Crippen molar-refractivity contribution < 1.29 is 9.53 Å². The molecule has 0 radical (unpaired) electrons. The Bertz CT molecular complexity index is 683. The van der Waals surface area contributed by atoms with Gasteiger partial charge in [-0.3, -0.25) is 0 Å². The van der Waals surface area contributed by atoms with Gasteiger partial charge in [-0.1, -0.05) is 6.07 Å². The van der Waals surface area contributed by atoms with Gasteiger partial charge in [0.25, 0.3) is 0 Å². The fourth-order valence-electron chi connectivity index (χ4n) is 2.92. The Morgan fingerprint density at radius 1 is 1.27 bits per heavy atom. The van der Waals surface area contributed by atoms with Crippen LogP contribution in [-0.4, -0.2) is 77.1 Å². The molecular weight excluding hydrogens is 334 g/mol. The molecule has 2 aromatic heterocycles. The van der Waals surface area contributed by atoms with Gasteiger partial charge in [-0.15, -0.1) is 10.2 Å². The van der Waals surface area contributed by atoms with Crippen LogP contribution in [0.3, 0.4) is 0 Å². The summed E-state index contributed by atoms with van der Waals surface area (Å²) < 4.78 is 7.02. The molecule has 1 fully saturated rings. The van der Waals surface area contributed by atoms with Crippen LogP contribution < -0.4 is 10.2 Å². The van der Waals surface area contributed by atoms with Crippen molar-refractivity contribution in [1.29, 1.82) is 0 Å². The van der Waals surface area contributed by atoms with E-state index in [-0.39, 0.29) is 6.03 Å². The number of piperazine rings is 1. The van der Waals surface area contributed by atoms with E-state index in [0.717, 1.165) is 24.7 Å². The maximum atomic E-state index is 12.3. The zero-order valence-electron chi connectivity index (χ0n) is 15.0. The van der Waals surface area contributed by atoms with Crippen LogP contribution in [0.15, 0.2) is 30.7 Å². The molecule has 3 rings (SSSR count). The molecule has 0 saturated carbocycles. The molecule has 1 saturated heterocycles. The molecule has 2 aromatic rings. The number of hydrogen-bond donors (Lipinski definition) is 1. The molecule has 26 heavy (non-hydrogen) atoms. The van der Waals surface area contributed by atoms with Gasteiger partial charge in [-0.2, -0.15) is 0 Å². The van der Waals surface area contributed by atoms with Crippen LogP contribution in [0.25, 0.3) is 0 Å². The Balaban J connectivity index is 1.40. The molecule has 3 heterocycles. The van der Waals surface area contributed by atoms with Crippen molar-refractivity contribution in [3.05, 3.63) is 36.5 Å². The van der Waals surface area contributed by atoms with E-state index in [1.165, 1.54) is 0 Å². The lowest BCUT2D eigenvalue weighted by Crippen LogP contribution is -2.52. The van der Waals surface area contributed by atoms with Gasteiger partial charge in [-0.05, 0) is 12.1 Å². The third-order valence-corrected chi connectivity index (χ3v) is 4.40. The standard InChI is InChI=1S/C17H25N7O2/c1-26-13-12-24-14-20-21-16(24)5-7-19-17(25)23-10-8-22(9-11-23)15-4-2-3-6-18-15/h2-4,6,14H,5,7-13H2,1H3,(H,19,25). The van der Waals surface area contributed by atoms with Crippen LogP contribution in [0.2, 0.25) is 0 Å². The molecular formula is C17H25N7O2. The van der Waals surface area contributed by atoms with Crippen LogP contribution in [-0.2, 0) is 17.7 Å². The maximum absolute atomic E-state index is 12.3. The molecule has 0 aliphatic carbocycles. The van der Waals surface area contributed by atoms with Crippen LogP contribution in [0.5, 0.6) is 0 Å². The summed E-state index contributed by atoms with van der Waals surface area (Å²) >= 11 is 0. The number of carbonyl (C=O) groups is 1. The summed E-state index contributed by atoms with van der Waals surface area (Å²) in [5.74, 6) is 1.81. The second-order valence-electron chi connectivity index (χ2n) is 6.08. The summed E-state index contributed by atoms with van der Waals surface area (Å²) in [7, 11) is 1.66. The number of urea groups is 1. The van der Waals surface area contributed by atoms with Crippen molar-refractivity contribution in [2.75, 3.05) is 51.3 Å². The smallest absolute Gasteiger partial charge is 0.317 e. The van der Waals surface area contributed by atoms with E-state index < -0.39 is 0 Å². The molecule has 1 aliphatic rings. The first kappa shape index (κ1) is 18.1. The van der Waals surface area contributed by atoms with E-state index in [2.05, 4.69) is 25.4 Å². The Morgan fingerprint density at radius 3 is 2.85 bits per heavy atom. The number of amides is 2. The zero-order chi connectivity index (χ0) is 18.2. The zero-order valence-corrected chi connectivity index (χ0v) is 15.0. The number of rotatable bonds is 7. The molecule has 0 bridgehead atoms. The molecule has 0 spiro atoms. The monoisotopic (exact) mass is 359 g/mol. The van der Waals surface area contributed by atoms with Crippen molar-refractivity contribution in [2.45, 2.75) is 13.0 Å². The average molecular weight is 359 g/mol. The minimum Gasteiger partial charge on any atom is -0.383 e. The summed E-state index contributed by atoms with van der Waals surface area (Å²) in [6, 6.07) is 5.85. The Hall–Kier alpha value is -2.68. The predicted molar refractivity (Wildman–Crippen MR) is 97.0 cm³/mol. The summed E-state index contributed by atoms with van der Waals surface area (Å²) in [5, 5.41) is 11.0. The van der Waals surface area contributed by atoms with Crippen molar-refractivity contribution in [3.8, 4) is 0 Å². The first-order valence-electron chi connectivity index (χ1n) is 8.82. The molecule has 1 aliphatic heterocycles. The SMILES string of the molecule is COCCn1cnnc1CCNC(=O)N1CCN(c2ccccn2)CC1. The minimum absolute atomic E-state index is 0.0337. The molecule has 9 nitrogen and oxygen atoms in total. The maximum Gasteiger partial charge on any atom is 0.317 e. The van der Waals surface area contributed by atoms with E-state index in [1.807, 2.05) is 27.7 Å². The molecule has 9 heteroatoms. The lowest BCUT2D eigenvalue weighted by molar-refractivity contribution is 0.186. The van der Waals surface area contributed by atoms with E-state index >= 15 is 0 Å². The van der Waals surface area contributed by atoms with Gasteiger partial charge in [-0.25, -0.2) is 9.78 Å². The van der Waals surface area contributed by atoms with Crippen LogP contribution in [0.4, 0.5) is 10.6 Å². The Kier molecular flexibility index (Phi) is 6.37. The molecule has 0 atom stereocenters. The van der Waals surface area contributed by atoms with E-state index in [0.29, 0.717) is 39.2 Å². The first-order chi connectivity index (χ1) is 12.8. The molecule has 0 unspecified atom stereocenters. The number of methoxy groups -OCH3 is 1. The average Bonchev–Trinajstić information content (AvgIpc) is 3.14. The number of nitrogens with zero attached hydrogens (tertiary/aromatic N) is 6. The highest BCUT2D eigenvalue weighted by molar-refractivity contribution is 5.74. The van der Waals surface area contributed by atoms with E-state index in [4.69, 9.17) is 4.74 Å². The highest BCUT2D eigenvalue weighted by atomic mass is 16.5. The molecule has 140 valence electrons. The third kappa shape index (κ3) is 4.69. The van der Waals surface area contributed by atoms with Crippen LogP contribution in [0.1, 0.15) is 5.82 Å². The Morgan fingerprint density at radius 2 is 2.12 bits per heavy atom. The predicted octanol–water partition coefficient (Wildman–Crippen LogP) is 0.394. The highest BCUT2D eigenvalue weighted by Gasteiger charge is 2.21. The van der Waals surface area contributed by atoms with Crippen molar-refractivity contribution in [1.82, 2.24) is 30.0 Å². The lowest BCUT2D eigenvalue weighted by atomic mass is 10.3. The van der Waals surface area contributed by atoms with Crippen molar-refractivity contribution in [2.24, 2.45) is 0 Å². The van der Waals surface area contributed by atoms with Gasteiger partial charge in [0, 0.05) is 59.0 Å². The van der Waals surface area contributed by atoms with Crippen LogP contribution >= 0.6 is 0 Å². The summed E-state index contributed by atoms with van der Waals surface area (Å²) in [5.41, 5.74) is 0. The number of anilines is 1. The normalized spacial score (nSPS) is 14.5. The number of ether oxygens (including phenoxy) is 1. The second kappa shape index (κ2) is 9.14.